The lowest BCUT2D eigenvalue weighted by molar-refractivity contribution is -0.154. The molecular weight excluding hydrogens is 461 g/mol. The van der Waals surface area contributed by atoms with E-state index in [-0.39, 0.29) is 35.5 Å². The van der Waals surface area contributed by atoms with Gasteiger partial charge in [-0.3, -0.25) is 9.79 Å². The minimum atomic E-state index is -0.378. The third kappa shape index (κ3) is 20.1. The van der Waals surface area contributed by atoms with Crippen molar-refractivity contribution in [3.8, 4) is 0 Å². The van der Waals surface area contributed by atoms with Gasteiger partial charge >= 0.3 is 5.97 Å². The zero-order chi connectivity index (χ0) is 19.0. The third-order valence-corrected chi connectivity index (χ3v) is 4.09. The molecule has 0 unspecified atom stereocenters. The van der Waals surface area contributed by atoms with Crippen molar-refractivity contribution in [3.05, 3.63) is 0 Å². The summed E-state index contributed by atoms with van der Waals surface area (Å²) in [6, 6.07) is 0. The first-order chi connectivity index (χ1) is 11.9. The maximum Gasteiger partial charge on any atom is 0.306 e. The van der Waals surface area contributed by atoms with Gasteiger partial charge in [0.2, 0.25) is 0 Å². The van der Waals surface area contributed by atoms with E-state index in [4.69, 9.17) is 4.74 Å². The van der Waals surface area contributed by atoms with Crippen molar-refractivity contribution in [2.75, 3.05) is 31.6 Å². The number of guanidine groups is 1. The van der Waals surface area contributed by atoms with Gasteiger partial charge in [0, 0.05) is 26.1 Å². The van der Waals surface area contributed by atoms with Gasteiger partial charge in [-0.1, -0.05) is 12.8 Å². The van der Waals surface area contributed by atoms with E-state index in [1.165, 1.54) is 18.6 Å². The maximum atomic E-state index is 11.6. The highest BCUT2D eigenvalue weighted by Crippen LogP contribution is 2.11. The molecule has 0 radical (unpaired) electrons. The van der Waals surface area contributed by atoms with Crippen LogP contribution >= 0.6 is 35.7 Å². The number of thioether (sulfide) groups is 1. The summed E-state index contributed by atoms with van der Waals surface area (Å²) in [6.45, 7) is 10.5. The van der Waals surface area contributed by atoms with E-state index in [0.717, 1.165) is 51.3 Å². The molecule has 0 spiro atoms. The Bertz CT molecular complexity index is 374. The molecule has 0 bridgehead atoms. The first-order valence-electron chi connectivity index (χ1n) is 9.62. The van der Waals surface area contributed by atoms with Crippen LogP contribution in [0.3, 0.4) is 0 Å². The molecule has 0 aliphatic carbocycles. The van der Waals surface area contributed by atoms with Crippen molar-refractivity contribution in [2.24, 2.45) is 4.99 Å². The maximum absolute atomic E-state index is 11.6. The van der Waals surface area contributed by atoms with Crippen LogP contribution in [0, 0.1) is 0 Å². The average molecular weight is 502 g/mol. The molecule has 0 amide bonds. The zero-order valence-corrected chi connectivity index (χ0v) is 20.5. The quantitative estimate of drug-likeness (QED) is 0.127. The lowest BCUT2D eigenvalue weighted by atomic mass is 10.1. The lowest BCUT2D eigenvalue weighted by Crippen LogP contribution is -2.37. The fraction of sp³-hybridized carbons (Fsp3) is 0.895. The van der Waals surface area contributed by atoms with Gasteiger partial charge < -0.3 is 15.4 Å². The van der Waals surface area contributed by atoms with Gasteiger partial charge in [-0.15, -0.1) is 24.0 Å². The first-order valence-corrected chi connectivity index (χ1v) is 11.0. The third-order valence-electron chi connectivity index (χ3n) is 3.39. The number of carbonyl (C=O) groups excluding carboxylic acids is 1. The van der Waals surface area contributed by atoms with Crippen LogP contribution < -0.4 is 10.6 Å². The van der Waals surface area contributed by atoms with Gasteiger partial charge in [0.25, 0.3) is 0 Å². The van der Waals surface area contributed by atoms with Crippen molar-refractivity contribution >= 4 is 47.7 Å². The van der Waals surface area contributed by atoms with Gasteiger partial charge in [-0.2, -0.15) is 11.8 Å². The molecule has 0 aliphatic heterocycles. The number of nitrogens with one attached hydrogen (secondary N) is 2. The number of carbonyl (C=O) groups is 1. The number of nitrogens with zero attached hydrogens (tertiary/aromatic N) is 1. The van der Waals surface area contributed by atoms with E-state index >= 15 is 0 Å². The topological polar surface area (TPSA) is 62.7 Å². The van der Waals surface area contributed by atoms with E-state index in [1.807, 2.05) is 32.5 Å². The van der Waals surface area contributed by atoms with E-state index in [9.17, 15) is 4.79 Å². The summed E-state index contributed by atoms with van der Waals surface area (Å²) in [4.78, 5) is 16.2. The normalized spacial score (nSPS) is 11.7. The van der Waals surface area contributed by atoms with Crippen LogP contribution in [-0.4, -0.2) is 49.2 Å². The number of halogens is 1. The van der Waals surface area contributed by atoms with E-state index in [0.29, 0.717) is 6.42 Å². The number of esters is 1. The molecule has 5 nitrogen and oxygen atoms in total. The number of aliphatic imine (C=N–C) groups is 1. The molecule has 0 saturated heterocycles. The molecule has 0 aromatic rings. The van der Waals surface area contributed by atoms with Crippen LogP contribution in [0.1, 0.15) is 72.6 Å². The molecular formula is C19H40IN3O2S. The molecule has 0 saturated carbocycles. The summed E-state index contributed by atoms with van der Waals surface area (Å²) >= 11 is 1.90. The van der Waals surface area contributed by atoms with Gasteiger partial charge in [-0.05, 0) is 65.4 Å². The van der Waals surface area contributed by atoms with Crippen LogP contribution in [0.15, 0.2) is 4.99 Å². The van der Waals surface area contributed by atoms with E-state index < -0.39 is 0 Å². The fourth-order valence-electron chi connectivity index (χ4n) is 2.24. The molecule has 2 N–H and O–H groups in total. The largest absolute Gasteiger partial charge is 0.460 e. The Labute approximate surface area is 182 Å². The second-order valence-electron chi connectivity index (χ2n) is 7.14. The molecule has 0 rings (SSSR count). The molecule has 0 fully saturated rings. The monoisotopic (exact) mass is 501 g/mol. The van der Waals surface area contributed by atoms with Gasteiger partial charge in [0.15, 0.2) is 5.96 Å². The Morgan fingerprint density at radius 3 is 2.35 bits per heavy atom. The highest BCUT2D eigenvalue weighted by molar-refractivity contribution is 14.0. The second kappa shape index (κ2) is 18.2. The number of unbranched alkanes of at least 4 members (excludes halogenated alkanes) is 4. The van der Waals surface area contributed by atoms with E-state index in [1.54, 1.807) is 0 Å². The summed E-state index contributed by atoms with van der Waals surface area (Å²) in [5.74, 6) is 2.05. The average Bonchev–Trinajstić information content (AvgIpc) is 2.51. The number of hydrogen-bond acceptors (Lipinski definition) is 4. The first kappa shape index (κ1) is 28.0. The molecule has 0 aliphatic rings. The SMILES string of the molecule is CCNC(=NCCCCCCC(=O)OC(C)(C)C)NCCCCSC.I. The predicted octanol–water partition coefficient (Wildman–Crippen LogP) is 4.59. The lowest BCUT2D eigenvalue weighted by Gasteiger charge is -2.19. The highest BCUT2D eigenvalue weighted by atomic mass is 127. The van der Waals surface area contributed by atoms with Crippen molar-refractivity contribution in [1.82, 2.24) is 10.6 Å². The van der Waals surface area contributed by atoms with Crippen LogP contribution in [0.5, 0.6) is 0 Å². The minimum absolute atomic E-state index is 0. The molecule has 0 heterocycles. The van der Waals surface area contributed by atoms with Crippen molar-refractivity contribution in [3.63, 3.8) is 0 Å². The van der Waals surface area contributed by atoms with Gasteiger partial charge in [0.05, 0.1) is 0 Å². The Kier molecular flexibility index (Phi) is 19.6. The number of rotatable bonds is 13. The smallest absolute Gasteiger partial charge is 0.306 e. The number of hydrogen-bond donors (Lipinski definition) is 2. The molecule has 156 valence electrons. The Hall–Kier alpha value is -0.180. The van der Waals surface area contributed by atoms with Crippen molar-refractivity contribution < 1.29 is 9.53 Å². The summed E-state index contributed by atoms with van der Waals surface area (Å²) in [6.07, 6.45) is 9.17. The standard InChI is InChI=1S/C19H39N3O2S.HI/c1-6-20-18(22-15-11-12-16-25-5)21-14-10-8-7-9-13-17(23)24-19(2,3)4;/h6-16H2,1-5H3,(H2,20,21,22);1H. The summed E-state index contributed by atoms with van der Waals surface area (Å²) < 4.78 is 5.31. The van der Waals surface area contributed by atoms with Crippen molar-refractivity contribution in [2.45, 2.75) is 78.2 Å². The molecule has 7 heteroatoms. The fourth-order valence-corrected chi connectivity index (χ4v) is 2.73. The summed E-state index contributed by atoms with van der Waals surface area (Å²) in [5, 5.41) is 6.67. The van der Waals surface area contributed by atoms with Gasteiger partial charge in [0.1, 0.15) is 5.60 Å². The highest BCUT2D eigenvalue weighted by Gasteiger charge is 2.15. The molecule has 0 aromatic carbocycles. The summed E-state index contributed by atoms with van der Waals surface area (Å²) in [7, 11) is 0. The van der Waals surface area contributed by atoms with E-state index in [2.05, 4.69) is 28.8 Å². The van der Waals surface area contributed by atoms with Gasteiger partial charge in [-0.25, -0.2) is 0 Å². The number of ether oxygens (including phenoxy) is 1. The Morgan fingerprint density at radius 1 is 1.04 bits per heavy atom. The minimum Gasteiger partial charge on any atom is -0.460 e. The van der Waals surface area contributed by atoms with Crippen LogP contribution in [0.2, 0.25) is 0 Å². The van der Waals surface area contributed by atoms with Crippen LogP contribution in [-0.2, 0) is 9.53 Å². The van der Waals surface area contributed by atoms with Crippen molar-refractivity contribution in [1.29, 1.82) is 0 Å². The van der Waals surface area contributed by atoms with Crippen LogP contribution in [0.4, 0.5) is 0 Å². The molecule has 0 aromatic heterocycles. The van der Waals surface area contributed by atoms with Crippen LogP contribution in [0.25, 0.3) is 0 Å². The Morgan fingerprint density at radius 2 is 1.73 bits per heavy atom. The Balaban J connectivity index is 0. The zero-order valence-electron chi connectivity index (χ0n) is 17.4. The second-order valence-corrected chi connectivity index (χ2v) is 8.12. The predicted molar refractivity (Wildman–Crippen MR) is 126 cm³/mol. The molecule has 0 atom stereocenters. The molecule has 26 heavy (non-hydrogen) atoms. The summed E-state index contributed by atoms with van der Waals surface area (Å²) in [5.41, 5.74) is -0.378.